The molecule has 0 aliphatic rings. The van der Waals surface area contributed by atoms with E-state index in [1.807, 2.05) is 0 Å². The Morgan fingerprint density at radius 1 is 1.62 bits per heavy atom. The van der Waals surface area contributed by atoms with E-state index in [-0.39, 0.29) is 0 Å². The highest BCUT2D eigenvalue weighted by Gasteiger charge is 2.06. The van der Waals surface area contributed by atoms with Crippen LogP contribution in [0.4, 0.5) is 5.82 Å². The van der Waals surface area contributed by atoms with Crippen molar-refractivity contribution in [3.05, 3.63) is 11.8 Å². The Bertz CT molecular complexity index is 257. The third kappa shape index (κ3) is 3.46. The zero-order valence-corrected chi connectivity index (χ0v) is 8.45. The summed E-state index contributed by atoms with van der Waals surface area (Å²) in [5, 5.41) is 3.62. The van der Waals surface area contributed by atoms with Gasteiger partial charge in [-0.05, 0) is 13.0 Å². The minimum atomic E-state index is 0.452. The Balaban J connectivity index is 2.40. The SMILES string of the molecule is CC(C)CN(C)Cc1cc(N)no1. The summed E-state index contributed by atoms with van der Waals surface area (Å²) in [4.78, 5) is 2.19. The fraction of sp³-hybridized carbons (Fsp3) is 0.667. The number of aromatic nitrogens is 1. The van der Waals surface area contributed by atoms with Crippen molar-refractivity contribution < 1.29 is 4.52 Å². The molecule has 0 aromatic carbocycles. The number of anilines is 1. The van der Waals surface area contributed by atoms with Crippen LogP contribution in [0.1, 0.15) is 19.6 Å². The van der Waals surface area contributed by atoms with Gasteiger partial charge in [-0.1, -0.05) is 19.0 Å². The Morgan fingerprint density at radius 3 is 2.77 bits per heavy atom. The summed E-state index contributed by atoms with van der Waals surface area (Å²) in [6.45, 7) is 6.18. The van der Waals surface area contributed by atoms with E-state index in [2.05, 4.69) is 31.0 Å². The lowest BCUT2D eigenvalue weighted by Crippen LogP contribution is -2.22. The molecule has 0 aliphatic carbocycles. The molecule has 0 unspecified atom stereocenters. The average Bonchev–Trinajstić information content (AvgIpc) is 2.33. The lowest BCUT2D eigenvalue weighted by atomic mass is 10.2. The van der Waals surface area contributed by atoms with Crippen molar-refractivity contribution in [2.24, 2.45) is 5.92 Å². The summed E-state index contributed by atoms with van der Waals surface area (Å²) < 4.78 is 5.00. The molecule has 0 saturated carbocycles. The molecular weight excluding hydrogens is 166 g/mol. The van der Waals surface area contributed by atoms with Crippen LogP contribution >= 0.6 is 0 Å². The first kappa shape index (κ1) is 10.1. The van der Waals surface area contributed by atoms with Gasteiger partial charge < -0.3 is 10.3 Å². The summed E-state index contributed by atoms with van der Waals surface area (Å²) in [6, 6.07) is 1.76. The smallest absolute Gasteiger partial charge is 0.167 e. The van der Waals surface area contributed by atoms with Crippen molar-refractivity contribution in [1.82, 2.24) is 10.1 Å². The number of hydrogen-bond donors (Lipinski definition) is 1. The Kier molecular flexibility index (Phi) is 3.31. The minimum Gasteiger partial charge on any atom is -0.381 e. The molecule has 0 aliphatic heterocycles. The number of nitrogens with zero attached hydrogens (tertiary/aromatic N) is 2. The summed E-state index contributed by atoms with van der Waals surface area (Å²) in [5.41, 5.74) is 5.43. The first-order valence-electron chi connectivity index (χ1n) is 4.47. The molecule has 74 valence electrons. The van der Waals surface area contributed by atoms with E-state index in [1.54, 1.807) is 6.07 Å². The second kappa shape index (κ2) is 4.28. The molecule has 0 fully saturated rings. The summed E-state index contributed by atoms with van der Waals surface area (Å²) in [5.74, 6) is 1.93. The van der Waals surface area contributed by atoms with Gasteiger partial charge in [-0.3, -0.25) is 4.90 Å². The highest BCUT2D eigenvalue weighted by atomic mass is 16.5. The number of rotatable bonds is 4. The molecule has 1 aromatic heterocycles. The largest absolute Gasteiger partial charge is 0.381 e. The van der Waals surface area contributed by atoms with Gasteiger partial charge in [0.25, 0.3) is 0 Å². The molecule has 0 spiro atoms. The Hall–Kier alpha value is -1.03. The van der Waals surface area contributed by atoms with Crippen molar-refractivity contribution in [1.29, 1.82) is 0 Å². The fourth-order valence-electron chi connectivity index (χ4n) is 1.36. The van der Waals surface area contributed by atoms with E-state index in [0.29, 0.717) is 11.7 Å². The third-order valence-electron chi connectivity index (χ3n) is 1.68. The van der Waals surface area contributed by atoms with Crippen molar-refractivity contribution in [2.45, 2.75) is 20.4 Å². The van der Waals surface area contributed by atoms with Crippen LogP contribution in [-0.4, -0.2) is 23.6 Å². The Labute approximate surface area is 78.7 Å². The number of hydrogen-bond acceptors (Lipinski definition) is 4. The number of nitrogen functional groups attached to an aromatic ring is 1. The predicted octanol–water partition coefficient (Wildman–Crippen LogP) is 1.34. The first-order chi connectivity index (χ1) is 6.08. The maximum absolute atomic E-state index is 5.43. The molecule has 0 saturated heterocycles. The van der Waals surface area contributed by atoms with Crippen molar-refractivity contribution in [2.75, 3.05) is 19.3 Å². The number of nitrogens with two attached hydrogens (primary N) is 1. The topological polar surface area (TPSA) is 55.3 Å². The monoisotopic (exact) mass is 183 g/mol. The van der Waals surface area contributed by atoms with E-state index >= 15 is 0 Å². The summed E-state index contributed by atoms with van der Waals surface area (Å²) in [6.07, 6.45) is 0. The van der Waals surface area contributed by atoms with Gasteiger partial charge in [0.05, 0.1) is 6.54 Å². The standard InChI is InChI=1S/C9H17N3O/c1-7(2)5-12(3)6-8-4-9(10)11-13-8/h4,7H,5-6H2,1-3H3,(H2,10,11). The van der Waals surface area contributed by atoms with Gasteiger partial charge in [0.2, 0.25) is 0 Å². The molecule has 0 amide bonds. The van der Waals surface area contributed by atoms with Gasteiger partial charge in [0, 0.05) is 12.6 Å². The fourth-order valence-corrected chi connectivity index (χ4v) is 1.36. The van der Waals surface area contributed by atoms with E-state index in [4.69, 9.17) is 10.3 Å². The molecule has 13 heavy (non-hydrogen) atoms. The third-order valence-corrected chi connectivity index (χ3v) is 1.68. The zero-order chi connectivity index (χ0) is 9.84. The molecule has 2 N–H and O–H groups in total. The van der Waals surface area contributed by atoms with E-state index in [9.17, 15) is 0 Å². The minimum absolute atomic E-state index is 0.452. The second-order valence-electron chi connectivity index (χ2n) is 3.81. The maximum Gasteiger partial charge on any atom is 0.167 e. The lowest BCUT2D eigenvalue weighted by molar-refractivity contribution is 0.250. The van der Waals surface area contributed by atoms with E-state index < -0.39 is 0 Å². The van der Waals surface area contributed by atoms with Gasteiger partial charge >= 0.3 is 0 Å². The molecule has 1 rings (SSSR count). The summed E-state index contributed by atoms with van der Waals surface area (Å²) >= 11 is 0. The molecule has 1 aromatic rings. The van der Waals surface area contributed by atoms with Crippen molar-refractivity contribution in [3.63, 3.8) is 0 Å². The van der Waals surface area contributed by atoms with Crippen LogP contribution in [0.5, 0.6) is 0 Å². The molecule has 4 nitrogen and oxygen atoms in total. The van der Waals surface area contributed by atoms with Crippen LogP contribution in [0.3, 0.4) is 0 Å². The van der Waals surface area contributed by atoms with Crippen molar-refractivity contribution >= 4 is 5.82 Å². The average molecular weight is 183 g/mol. The lowest BCUT2D eigenvalue weighted by Gasteiger charge is -2.16. The van der Waals surface area contributed by atoms with Gasteiger partial charge in [-0.25, -0.2) is 0 Å². The van der Waals surface area contributed by atoms with Crippen molar-refractivity contribution in [3.8, 4) is 0 Å². The van der Waals surface area contributed by atoms with Gasteiger partial charge in [0.15, 0.2) is 11.6 Å². The van der Waals surface area contributed by atoms with Gasteiger partial charge in [0.1, 0.15) is 0 Å². The predicted molar refractivity (Wildman–Crippen MR) is 52.1 cm³/mol. The molecule has 0 radical (unpaired) electrons. The molecule has 1 heterocycles. The van der Waals surface area contributed by atoms with Crippen LogP contribution in [0.25, 0.3) is 0 Å². The van der Waals surface area contributed by atoms with Crippen LogP contribution in [0.15, 0.2) is 10.6 Å². The van der Waals surface area contributed by atoms with E-state index in [1.165, 1.54) is 0 Å². The maximum atomic E-state index is 5.43. The van der Waals surface area contributed by atoms with E-state index in [0.717, 1.165) is 18.8 Å². The van der Waals surface area contributed by atoms with Gasteiger partial charge in [-0.15, -0.1) is 0 Å². The first-order valence-corrected chi connectivity index (χ1v) is 4.47. The molecule has 4 heteroatoms. The quantitative estimate of drug-likeness (QED) is 0.765. The molecule has 0 atom stereocenters. The van der Waals surface area contributed by atoms with Crippen LogP contribution in [-0.2, 0) is 6.54 Å². The zero-order valence-electron chi connectivity index (χ0n) is 8.45. The summed E-state index contributed by atoms with van der Waals surface area (Å²) in [7, 11) is 2.05. The Morgan fingerprint density at radius 2 is 2.31 bits per heavy atom. The second-order valence-corrected chi connectivity index (χ2v) is 3.81. The van der Waals surface area contributed by atoms with Crippen LogP contribution in [0.2, 0.25) is 0 Å². The highest BCUT2D eigenvalue weighted by Crippen LogP contribution is 2.08. The highest BCUT2D eigenvalue weighted by molar-refractivity contribution is 5.26. The normalized spacial score (nSPS) is 11.5. The molecule has 0 bridgehead atoms. The van der Waals surface area contributed by atoms with Crippen LogP contribution in [0, 0.1) is 5.92 Å². The van der Waals surface area contributed by atoms with Gasteiger partial charge in [-0.2, -0.15) is 0 Å². The molecular formula is C9H17N3O. The van der Waals surface area contributed by atoms with Crippen LogP contribution < -0.4 is 5.73 Å².